The summed E-state index contributed by atoms with van der Waals surface area (Å²) in [6.07, 6.45) is 2.57. The number of aromatic nitrogens is 2. The summed E-state index contributed by atoms with van der Waals surface area (Å²) in [6, 6.07) is 9.90. The molecule has 2 N–H and O–H groups in total. The number of nitro benzene ring substituents is 1. The smallest absolute Gasteiger partial charge is 0.268 e. The van der Waals surface area contributed by atoms with Crippen molar-refractivity contribution in [3.8, 4) is 0 Å². The molecule has 2 heterocycles. The molecule has 0 unspecified atom stereocenters. The zero-order valence-corrected chi connectivity index (χ0v) is 13.1. The lowest BCUT2D eigenvalue weighted by molar-refractivity contribution is -0.384. The van der Waals surface area contributed by atoms with Crippen LogP contribution < -0.4 is 16.4 Å². The van der Waals surface area contributed by atoms with Gasteiger partial charge in [0.2, 0.25) is 0 Å². The Hall–Kier alpha value is -4.08. The van der Waals surface area contributed by atoms with Crippen molar-refractivity contribution in [2.75, 3.05) is 0 Å². The van der Waals surface area contributed by atoms with Crippen LogP contribution in [-0.4, -0.2) is 26.1 Å². The molecule has 2 amide bonds. The van der Waals surface area contributed by atoms with Crippen molar-refractivity contribution in [1.82, 2.24) is 20.2 Å². The normalized spacial score (nSPS) is 10.3. The van der Waals surface area contributed by atoms with Gasteiger partial charge >= 0.3 is 0 Å². The van der Waals surface area contributed by atoms with Crippen LogP contribution in [0.2, 0.25) is 0 Å². The lowest BCUT2D eigenvalue weighted by Gasteiger charge is -2.07. The van der Waals surface area contributed by atoms with Crippen LogP contribution in [-0.2, 0) is 0 Å². The predicted octanol–water partition coefficient (Wildman–Crippen LogP) is 0.677. The summed E-state index contributed by atoms with van der Waals surface area (Å²) in [5, 5.41) is 10.7. The van der Waals surface area contributed by atoms with Crippen molar-refractivity contribution in [2.45, 2.75) is 0 Å². The number of nitrogens with zero attached hydrogens (tertiary/aromatic N) is 3. The first kappa shape index (κ1) is 16.8. The number of rotatable bonds is 3. The third-order valence-corrected chi connectivity index (χ3v) is 3.47. The Labute approximate surface area is 145 Å². The Morgan fingerprint density at radius 1 is 1.08 bits per heavy atom. The highest BCUT2D eigenvalue weighted by Crippen LogP contribution is 2.12. The van der Waals surface area contributed by atoms with Crippen molar-refractivity contribution >= 4 is 23.1 Å². The number of non-ortho nitro benzene ring substituents is 1. The molecule has 10 heteroatoms. The highest BCUT2D eigenvalue weighted by atomic mass is 16.6. The first-order valence-electron chi connectivity index (χ1n) is 7.29. The van der Waals surface area contributed by atoms with Crippen molar-refractivity contribution in [3.05, 3.63) is 86.5 Å². The van der Waals surface area contributed by atoms with Crippen molar-refractivity contribution in [1.29, 1.82) is 0 Å². The molecule has 0 saturated carbocycles. The summed E-state index contributed by atoms with van der Waals surface area (Å²) < 4.78 is 1.19. The number of nitro groups is 1. The number of hydrazine groups is 1. The molecule has 3 aromatic rings. The Morgan fingerprint density at radius 3 is 2.62 bits per heavy atom. The van der Waals surface area contributed by atoms with Crippen LogP contribution in [0.25, 0.3) is 5.65 Å². The maximum atomic E-state index is 12.3. The fourth-order valence-electron chi connectivity index (χ4n) is 2.20. The van der Waals surface area contributed by atoms with E-state index in [9.17, 15) is 24.5 Å². The van der Waals surface area contributed by atoms with Gasteiger partial charge in [0, 0.05) is 30.1 Å². The summed E-state index contributed by atoms with van der Waals surface area (Å²) >= 11 is 0. The van der Waals surface area contributed by atoms with Gasteiger partial charge in [-0.25, -0.2) is 4.98 Å². The second-order valence-corrected chi connectivity index (χ2v) is 5.12. The van der Waals surface area contributed by atoms with E-state index < -0.39 is 22.3 Å². The molecule has 10 nitrogen and oxygen atoms in total. The molecule has 0 aliphatic heterocycles. The Bertz CT molecular complexity index is 1090. The van der Waals surface area contributed by atoms with Gasteiger partial charge in [-0.3, -0.25) is 39.8 Å². The largest absolute Gasteiger partial charge is 0.276 e. The van der Waals surface area contributed by atoms with E-state index >= 15 is 0 Å². The number of nitrogens with one attached hydrogen (secondary N) is 2. The first-order valence-corrected chi connectivity index (χ1v) is 7.29. The summed E-state index contributed by atoms with van der Waals surface area (Å²) in [5.41, 5.74) is 3.41. The first-order chi connectivity index (χ1) is 12.5. The molecule has 0 aliphatic rings. The fraction of sp³-hybridized carbons (Fsp3) is 0. The van der Waals surface area contributed by atoms with Crippen LogP contribution in [0.4, 0.5) is 5.69 Å². The number of hydrogen-bond acceptors (Lipinski definition) is 6. The molecule has 0 aliphatic carbocycles. The number of fused-ring (bicyclic) bond motifs is 1. The van der Waals surface area contributed by atoms with Gasteiger partial charge in [-0.15, -0.1) is 0 Å². The fourth-order valence-corrected chi connectivity index (χ4v) is 2.20. The lowest BCUT2D eigenvalue weighted by atomic mass is 10.2. The minimum absolute atomic E-state index is 0.0205. The summed E-state index contributed by atoms with van der Waals surface area (Å²) in [7, 11) is 0. The molecule has 0 bridgehead atoms. The van der Waals surface area contributed by atoms with E-state index in [0.29, 0.717) is 5.65 Å². The molecule has 3 rings (SSSR count). The minimum Gasteiger partial charge on any atom is -0.268 e. The zero-order valence-electron chi connectivity index (χ0n) is 13.1. The molecule has 0 radical (unpaired) electrons. The second kappa shape index (κ2) is 6.81. The molecule has 0 fully saturated rings. The van der Waals surface area contributed by atoms with Gasteiger partial charge in [0.25, 0.3) is 23.1 Å². The molecule has 1 aromatic carbocycles. The van der Waals surface area contributed by atoms with Gasteiger partial charge in [0.05, 0.1) is 4.92 Å². The van der Waals surface area contributed by atoms with E-state index in [0.717, 1.165) is 12.3 Å². The minimum atomic E-state index is -0.862. The predicted molar refractivity (Wildman–Crippen MR) is 89.5 cm³/mol. The molecule has 0 saturated heterocycles. The van der Waals surface area contributed by atoms with Crippen LogP contribution in [0.15, 0.2) is 59.7 Å². The molecule has 0 atom stereocenters. The molecular weight excluding hydrogens is 342 g/mol. The zero-order chi connectivity index (χ0) is 18.7. The third-order valence-electron chi connectivity index (χ3n) is 3.47. The van der Waals surface area contributed by atoms with Crippen molar-refractivity contribution in [3.63, 3.8) is 0 Å². The van der Waals surface area contributed by atoms with E-state index in [4.69, 9.17) is 0 Å². The Kier molecular flexibility index (Phi) is 4.39. The molecule has 130 valence electrons. The lowest BCUT2D eigenvalue weighted by Crippen LogP contribution is -2.43. The average Bonchev–Trinajstić information content (AvgIpc) is 2.66. The van der Waals surface area contributed by atoms with Gasteiger partial charge in [0.15, 0.2) is 0 Å². The van der Waals surface area contributed by atoms with Gasteiger partial charge in [-0.2, -0.15) is 0 Å². The molecular formula is C16H11N5O5. The number of carbonyl (C=O) groups excluding carboxylic acids is 2. The van der Waals surface area contributed by atoms with E-state index in [1.54, 1.807) is 18.2 Å². The summed E-state index contributed by atoms with van der Waals surface area (Å²) in [4.78, 5) is 50.5. The maximum absolute atomic E-state index is 12.3. The van der Waals surface area contributed by atoms with Gasteiger partial charge < -0.3 is 0 Å². The molecule has 26 heavy (non-hydrogen) atoms. The topological polar surface area (TPSA) is 136 Å². The monoisotopic (exact) mass is 353 g/mol. The molecule has 0 spiro atoms. The Morgan fingerprint density at radius 2 is 1.85 bits per heavy atom. The van der Waals surface area contributed by atoms with Crippen LogP contribution in [0, 0.1) is 10.1 Å². The highest BCUT2D eigenvalue weighted by Gasteiger charge is 2.15. The van der Waals surface area contributed by atoms with Crippen molar-refractivity contribution in [2.24, 2.45) is 0 Å². The van der Waals surface area contributed by atoms with E-state index in [1.807, 2.05) is 0 Å². The van der Waals surface area contributed by atoms with Crippen LogP contribution in [0.5, 0.6) is 0 Å². The standard InChI is InChI=1S/C16H11N5O5/c22-14(10-4-3-5-11(8-10)21(25)26)18-19-15(23)12-9-17-13-6-1-2-7-20(13)16(12)24/h1-9H,(H,18,22)(H,19,23). The van der Waals surface area contributed by atoms with Gasteiger partial charge in [-0.1, -0.05) is 12.1 Å². The number of carbonyl (C=O) groups is 2. The second-order valence-electron chi connectivity index (χ2n) is 5.12. The average molecular weight is 353 g/mol. The number of pyridine rings is 1. The summed E-state index contributed by atoms with van der Waals surface area (Å²) in [5.74, 6) is -1.63. The Balaban J connectivity index is 1.76. The maximum Gasteiger partial charge on any atom is 0.276 e. The number of hydrogen-bond donors (Lipinski definition) is 2. The highest BCUT2D eigenvalue weighted by molar-refractivity contribution is 5.99. The van der Waals surface area contributed by atoms with Crippen molar-refractivity contribution < 1.29 is 14.5 Å². The van der Waals surface area contributed by atoms with Gasteiger partial charge in [-0.05, 0) is 18.2 Å². The van der Waals surface area contributed by atoms with E-state index in [2.05, 4.69) is 15.8 Å². The number of amides is 2. The van der Waals surface area contributed by atoms with E-state index in [1.165, 1.54) is 28.8 Å². The van der Waals surface area contributed by atoms with Gasteiger partial charge in [0.1, 0.15) is 11.2 Å². The number of benzene rings is 1. The van der Waals surface area contributed by atoms with Crippen LogP contribution in [0.1, 0.15) is 20.7 Å². The third kappa shape index (κ3) is 3.24. The van der Waals surface area contributed by atoms with Crippen LogP contribution in [0.3, 0.4) is 0 Å². The summed E-state index contributed by atoms with van der Waals surface area (Å²) in [6.45, 7) is 0. The molecule has 2 aromatic heterocycles. The van der Waals surface area contributed by atoms with E-state index in [-0.39, 0.29) is 16.8 Å². The SMILES string of the molecule is O=C(NNC(=O)c1cnc2ccccn2c1=O)c1cccc([N+](=O)[O-])c1. The quantitative estimate of drug-likeness (QED) is 0.525. The van der Waals surface area contributed by atoms with Crippen LogP contribution >= 0.6 is 0 Å².